The highest BCUT2D eigenvalue weighted by molar-refractivity contribution is 7.20. The molecule has 0 aliphatic carbocycles. The van der Waals surface area contributed by atoms with Crippen LogP contribution in [0.5, 0.6) is 0 Å². The molecule has 0 radical (unpaired) electrons. The van der Waals surface area contributed by atoms with E-state index < -0.39 is 0 Å². The Bertz CT molecular complexity index is 409. The van der Waals surface area contributed by atoms with Gasteiger partial charge in [-0.2, -0.15) is 0 Å². The van der Waals surface area contributed by atoms with Crippen molar-refractivity contribution in [3.8, 4) is 0 Å². The third-order valence-electron chi connectivity index (χ3n) is 1.63. The summed E-state index contributed by atoms with van der Waals surface area (Å²) in [5.74, 6) is 0.0406. The summed E-state index contributed by atoms with van der Waals surface area (Å²) in [4.78, 5) is 15.1. The molecule has 0 bridgehead atoms. The second-order valence-corrected chi connectivity index (χ2v) is 3.78. The van der Waals surface area contributed by atoms with E-state index in [1.807, 2.05) is 24.0 Å². The Morgan fingerprint density at radius 2 is 2.33 bits per heavy atom. The van der Waals surface area contributed by atoms with Crippen molar-refractivity contribution in [3.05, 3.63) is 17.4 Å². The summed E-state index contributed by atoms with van der Waals surface area (Å²) in [7, 11) is 1.95. The zero-order valence-corrected chi connectivity index (χ0v) is 7.68. The van der Waals surface area contributed by atoms with Gasteiger partial charge < -0.3 is 4.57 Å². The first-order valence-electron chi connectivity index (χ1n) is 3.60. The topological polar surface area (TPSA) is 34.9 Å². The predicted octanol–water partition coefficient (Wildman–Crippen LogP) is 1.84. The molecule has 2 aromatic rings. The molecule has 2 aromatic heterocycles. The lowest BCUT2D eigenvalue weighted by atomic mass is 10.5. The van der Waals surface area contributed by atoms with Crippen LogP contribution in [0.15, 0.2) is 12.4 Å². The summed E-state index contributed by atoms with van der Waals surface area (Å²) in [6, 6.07) is 0. The molecular formula is C8H8N2OS. The van der Waals surface area contributed by atoms with Crippen molar-refractivity contribution in [2.24, 2.45) is 7.05 Å². The number of carbonyl (C=O) groups excluding carboxylic acids is 1. The van der Waals surface area contributed by atoms with E-state index in [0.29, 0.717) is 5.01 Å². The number of carbonyl (C=O) groups is 1. The van der Waals surface area contributed by atoms with Crippen molar-refractivity contribution in [2.75, 3.05) is 0 Å². The number of ketones is 1. The van der Waals surface area contributed by atoms with Gasteiger partial charge in [-0.05, 0) is 0 Å². The molecular weight excluding hydrogens is 172 g/mol. The Morgan fingerprint density at radius 3 is 2.92 bits per heavy atom. The molecule has 4 heteroatoms. The lowest BCUT2D eigenvalue weighted by molar-refractivity contribution is 0.101. The first-order chi connectivity index (χ1) is 5.66. The van der Waals surface area contributed by atoms with Gasteiger partial charge in [-0.1, -0.05) is 0 Å². The van der Waals surface area contributed by atoms with Crippen LogP contribution in [0.25, 0.3) is 10.2 Å². The first kappa shape index (κ1) is 7.49. The summed E-state index contributed by atoms with van der Waals surface area (Å²) in [5.41, 5.74) is 0.910. The summed E-state index contributed by atoms with van der Waals surface area (Å²) >= 11 is 1.44. The van der Waals surface area contributed by atoms with Gasteiger partial charge in [-0.3, -0.25) is 4.79 Å². The lowest BCUT2D eigenvalue weighted by Gasteiger charge is -1.84. The molecule has 12 heavy (non-hydrogen) atoms. The van der Waals surface area contributed by atoms with E-state index in [1.54, 1.807) is 0 Å². The summed E-state index contributed by atoms with van der Waals surface area (Å²) < 4.78 is 3.01. The monoisotopic (exact) mass is 180 g/mol. The standard InChI is InChI=1S/C8H8N2OS/c1-5(11)8-9-6-3-10(2)4-7(6)12-8/h3-4H,1-2H3. The molecule has 2 rings (SSSR count). The van der Waals surface area contributed by atoms with Gasteiger partial charge in [-0.15, -0.1) is 11.3 Å². The minimum Gasteiger partial charge on any atom is -0.354 e. The number of aryl methyl sites for hydroxylation is 1. The fraction of sp³-hybridized carbons (Fsp3) is 0.250. The van der Waals surface area contributed by atoms with E-state index in [2.05, 4.69) is 4.98 Å². The molecule has 0 aliphatic rings. The zero-order chi connectivity index (χ0) is 8.72. The molecule has 0 fully saturated rings. The predicted molar refractivity (Wildman–Crippen MR) is 48.6 cm³/mol. The van der Waals surface area contributed by atoms with Crippen LogP contribution in [0.3, 0.4) is 0 Å². The summed E-state index contributed by atoms with van der Waals surface area (Å²) in [6.07, 6.45) is 3.89. The molecule has 2 heterocycles. The Labute approximate surface area is 73.6 Å². The van der Waals surface area contributed by atoms with E-state index in [-0.39, 0.29) is 5.78 Å². The third-order valence-corrected chi connectivity index (χ3v) is 2.74. The molecule has 0 aromatic carbocycles. The Balaban J connectivity index is 2.64. The highest BCUT2D eigenvalue weighted by Crippen LogP contribution is 2.22. The fourth-order valence-electron chi connectivity index (χ4n) is 1.09. The van der Waals surface area contributed by atoms with Gasteiger partial charge in [0, 0.05) is 26.4 Å². The maximum atomic E-state index is 10.9. The van der Waals surface area contributed by atoms with E-state index in [4.69, 9.17) is 0 Å². The Kier molecular flexibility index (Phi) is 1.51. The average Bonchev–Trinajstić information content (AvgIpc) is 2.42. The molecule has 0 N–H and O–H groups in total. The second-order valence-electron chi connectivity index (χ2n) is 2.75. The molecule has 3 nitrogen and oxygen atoms in total. The molecule has 0 saturated heterocycles. The molecule has 0 spiro atoms. The zero-order valence-electron chi connectivity index (χ0n) is 6.87. The molecule has 0 saturated carbocycles. The van der Waals surface area contributed by atoms with Crippen LogP contribution in [0.4, 0.5) is 0 Å². The Morgan fingerprint density at radius 1 is 1.58 bits per heavy atom. The van der Waals surface area contributed by atoms with Crippen LogP contribution >= 0.6 is 11.3 Å². The highest BCUT2D eigenvalue weighted by Gasteiger charge is 2.08. The quantitative estimate of drug-likeness (QED) is 0.627. The van der Waals surface area contributed by atoms with Gasteiger partial charge in [0.2, 0.25) is 0 Å². The maximum absolute atomic E-state index is 10.9. The van der Waals surface area contributed by atoms with Gasteiger partial charge in [0.15, 0.2) is 10.8 Å². The normalized spacial score (nSPS) is 10.8. The van der Waals surface area contributed by atoms with Gasteiger partial charge in [0.05, 0.1) is 10.2 Å². The minimum atomic E-state index is 0.0406. The summed E-state index contributed by atoms with van der Waals surface area (Å²) in [5, 5.41) is 0.598. The number of aromatic nitrogens is 2. The SMILES string of the molecule is CC(=O)c1nc2cn(C)cc2s1. The van der Waals surface area contributed by atoms with Gasteiger partial charge >= 0.3 is 0 Å². The first-order valence-corrected chi connectivity index (χ1v) is 4.42. The third kappa shape index (κ3) is 1.04. The van der Waals surface area contributed by atoms with E-state index in [9.17, 15) is 4.79 Å². The minimum absolute atomic E-state index is 0.0406. The van der Waals surface area contributed by atoms with E-state index in [1.165, 1.54) is 18.3 Å². The smallest absolute Gasteiger partial charge is 0.188 e. The van der Waals surface area contributed by atoms with Crippen LogP contribution in [-0.2, 0) is 7.05 Å². The van der Waals surface area contributed by atoms with Crippen LogP contribution in [0.2, 0.25) is 0 Å². The van der Waals surface area contributed by atoms with Crippen molar-refractivity contribution >= 4 is 27.3 Å². The fourth-order valence-corrected chi connectivity index (χ4v) is 2.01. The molecule has 0 atom stereocenters. The van der Waals surface area contributed by atoms with Gasteiger partial charge in [0.25, 0.3) is 0 Å². The van der Waals surface area contributed by atoms with Crippen molar-refractivity contribution in [1.29, 1.82) is 0 Å². The van der Waals surface area contributed by atoms with Crippen molar-refractivity contribution in [3.63, 3.8) is 0 Å². The van der Waals surface area contributed by atoms with Crippen LogP contribution < -0.4 is 0 Å². The number of nitrogens with zero attached hydrogens (tertiary/aromatic N) is 2. The number of rotatable bonds is 1. The number of Topliss-reactive ketones (excluding diaryl/α,β-unsaturated/α-hetero) is 1. The lowest BCUT2D eigenvalue weighted by Crippen LogP contribution is -1.88. The van der Waals surface area contributed by atoms with Gasteiger partial charge in [-0.25, -0.2) is 4.98 Å². The molecule has 0 unspecified atom stereocenters. The van der Waals surface area contributed by atoms with Gasteiger partial charge in [0.1, 0.15) is 0 Å². The van der Waals surface area contributed by atoms with Crippen molar-refractivity contribution < 1.29 is 4.79 Å². The largest absolute Gasteiger partial charge is 0.354 e. The molecule has 0 amide bonds. The highest BCUT2D eigenvalue weighted by atomic mass is 32.1. The number of hydrogen-bond acceptors (Lipinski definition) is 3. The van der Waals surface area contributed by atoms with Crippen molar-refractivity contribution in [1.82, 2.24) is 9.55 Å². The van der Waals surface area contributed by atoms with E-state index in [0.717, 1.165) is 10.2 Å². The number of thiazole rings is 1. The van der Waals surface area contributed by atoms with Crippen LogP contribution in [0, 0.1) is 0 Å². The number of fused-ring (bicyclic) bond motifs is 1. The summed E-state index contributed by atoms with van der Waals surface area (Å²) in [6.45, 7) is 1.54. The van der Waals surface area contributed by atoms with Crippen molar-refractivity contribution in [2.45, 2.75) is 6.92 Å². The molecule has 62 valence electrons. The molecule has 0 aliphatic heterocycles. The maximum Gasteiger partial charge on any atom is 0.188 e. The average molecular weight is 180 g/mol. The second kappa shape index (κ2) is 2.42. The Hall–Kier alpha value is -1.16. The van der Waals surface area contributed by atoms with Crippen LogP contribution in [-0.4, -0.2) is 15.3 Å². The number of hydrogen-bond donors (Lipinski definition) is 0. The van der Waals surface area contributed by atoms with Crippen LogP contribution in [0.1, 0.15) is 16.7 Å². The van der Waals surface area contributed by atoms with E-state index >= 15 is 0 Å².